The molecule has 0 saturated heterocycles. The van der Waals surface area contributed by atoms with Crippen molar-refractivity contribution in [1.29, 1.82) is 0 Å². The van der Waals surface area contributed by atoms with E-state index in [-0.39, 0.29) is 12.8 Å². The Balaban J connectivity index is 3.86. The van der Waals surface area contributed by atoms with E-state index in [0.717, 1.165) is 0 Å². The molecule has 0 fully saturated rings. The van der Waals surface area contributed by atoms with Gasteiger partial charge in [-0.2, -0.15) is 13.2 Å². The topological polar surface area (TPSA) is 12.0 Å². The molecule has 74 valence electrons. The maximum Gasteiger partial charge on any atom is 0.391 e. The van der Waals surface area contributed by atoms with Gasteiger partial charge in [0.2, 0.25) is 0 Å². The SMILES string of the molecule is CCCC(CCNC)C(F)(F)F. The van der Waals surface area contributed by atoms with Crippen LogP contribution in [0.3, 0.4) is 0 Å². The highest BCUT2D eigenvalue weighted by atomic mass is 19.4. The van der Waals surface area contributed by atoms with Crippen LogP contribution in [-0.4, -0.2) is 19.8 Å². The zero-order chi connectivity index (χ0) is 9.61. The van der Waals surface area contributed by atoms with Gasteiger partial charge in [-0.15, -0.1) is 0 Å². The van der Waals surface area contributed by atoms with Gasteiger partial charge in [0, 0.05) is 0 Å². The maximum atomic E-state index is 12.2. The predicted octanol–water partition coefficient (Wildman–Crippen LogP) is 2.57. The zero-order valence-corrected chi connectivity index (χ0v) is 7.54. The van der Waals surface area contributed by atoms with Crippen LogP contribution in [0.4, 0.5) is 13.2 Å². The van der Waals surface area contributed by atoms with Crippen LogP contribution in [0.15, 0.2) is 0 Å². The summed E-state index contributed by atoms with van der Waals surface area (Å²) >= 11 is 0. The zero-order valence-electron chi connectivity index (χ0n) is 7.54. The van der Waals surface area contributed by atoms with Crippen LogP contribution >= 0.6 is 0 Å². The highest BCUT2D eigenvalue weighted by Crippen LogP contribution is 2.31. The molecule has 12 heavy (non-hydrogen) atoms. The van der Waals surface area contributed by atoms with Gasteiger partial charge in [0.25, 0.3) is 0 Å². The molecule has 1 atom stereocenters. The Morgan fingerprint density at radius 1 is 1.25 bits per heavy atom. The lowest BCUT2D eigenvalue weighted by Gasteiger charge is -2.19. The van der Waals surface area contributed by atoms with Crippen molar-refractivity contribution in [3.05, 3.63) is 0 Å². The van der Waals surface area contributed by atoms with Gasteiger partial charge in [-0.1, -0.05) is 13.3 Å². The van der Waals surface area contributed by atoms with E-state index in [2.05, 4.69) is 5.32 Å². The van der Waals surface area contributed by atoms with E-state index in [1.165, 1.54) is 0 Å². The third-order valence-corrected chi connectivity index (χ3v) is 1.84. The first kappa shape index (κ1) is 11.8. The van der Waals surface area contributed by atoms with Crippen molar-refractivity contribution < 1.29 is 13.2 Å². The summed E-state index contributed by atoms with van der Waals surface area (Å²) in [5.74, 6) is -1.13. The Bertz CT molecular complexity index is 111. The molecule has 1 nitrogen and oxygen atoms in total. The molecule has 0 radical (unpaired) electrons. The van der Waals surface area contributed by atoms with Crippen molar-refractivity contribution in [3.63, 3.8) is 0 Å². The molecule has 0 heterocycles. The van der Waals surface area contributed by atoms with E-state index < -0.39 is 12.1 Å². The largest absolute Gasteiger partial charge is 0.391 e. The molecule has 0 bridgehead atoms. The third-order valence-electron chi connectivity index (χ3n) is 1.84. The first-order chi connectivity index (χ1) is 5.52. The minimum absolute atomic E-state index is 0.188. The van der Waals surface area contributed by atoms with E-state index in [1.807, 2.05) is 0 Å². The number of alkyl halides is 3. The molecule has 0 saturated carbocycles. The van der Waals surface area contributed by atoms with Crippen molar-refractivity contribution >= 4 is 0 Å². The number of nitrogens with one attached hydrogen (secondary N) is 1. The average molecular weight is 183 g/mol. The van der Waals surface area contributed by atoms with Crippen molar-refractivity contribution in [2.45, 2.75) is 32.4 Å². The fourth-order valence-electron chi connectivity index (χ4n) is 1.14. The van der Waals surface area contributed by atoms with Crippen LogP contribution in [0.5, 0.6) is 0 Å². The lowest BCUT2D eigenvalue weighted by atomic mass is 9.99. The van der Waals surface area contributed by atoms with Crippen LogP contribution in [0.25, 0.3) is 0 Å². The Morgan fingerprint density at radius 2 is 1.83 bits per heavy atom. The number of halogens is 3. The quantitative estimate of drug-likeness (QED) is 0.690. The van der Waals surface area contributed by atoms with E-state index in [0.29, 0.717) is 13.0 Å². The summed E-state index contributed by atoms with van der Waals surface area (Å²) in [5, 5.41) is 2.73. The summed E-state index contributed by atoms with van der Waals surface area (Å²) in [6.07, 6.45) is -3.00. The molecule has 0 spiro atoms. The van der Waals surface area contributed by atoms with E-state index in [9.17, 15) is 13.2 Å². The second kappa shape index (κ2) is 5.41. The molecule has 0 aliphatic carbocycles. The van der Waals surface area contributed by atoms with Crippen molar-refractivity contribution in [2.75, 3.05) is 13.6 Å². The predicted molar refractivity (Wildman–Crippen MR) is 43.0 cm³/mol. The molecular formula is C8H16F3N. The minimum Gasteiger partial charge on any atom is -0.320 e. The van der Waals surface area contributed by atoms with Gasteiger partial charge in [-0.3, -0.25) is 0 Å². The average Bonchev–Trinajstić information content (AvgIpc) is 1.95. The van der Waals surface area contributed by atoms with Crippen LogP contribution in [0.1, 0.15) is 26.2 Å². The van der Waals surface area contributed by atoms with Gasteiger partial charge in [0.15, 0.2) is 0 Å². The van der Waals surface area contributed by atoms with E-state index >= 15 is 0 Å². The third kappa shape index (κ3) is 4.59. The van der Waals surface area contributed by atoms with Crippen molar-refractivity contribution in [3.8, 4) is 0 Å². The van der Waals surface area contributed by atoms with E-state index in [4.69, 9.17) is 0 Å². The molecule has 1 unspecified atom stereocenters. The maximum absolute atomic E-state index is 12.2. The Labute approximate surface area is 71.3 Å². The Hall–Kier alpha value is -0.250. The molecule has 4 heteroatoms. The monoisotopic (exact) mass is 183 g/mol. The summed E-state index contributed by atoms with van der Waals surface area (Å²) in [6, 6.07) is 0. The lowest BCUT2D eigenvalue weighted by Crippen LogP contribution is -2.26. The van der Waals surface area contributed by atoms with Gasteiger partial charge in [-0.25, -0.2) is 0 Å². The summed E-state index contributed by atoms with van der Waals surface area (Å²) in [7, 11) is 1.67. The van der Waals surface area contributed by atoms with Crippen molar-refractivity contribution in [2.24, 2.45) is 5.92 Å². The first-order valence-electron chi connectivity index (χ1n) is 4.23. The van der Waals surface area contributed by atoms with Crippen LogP contribution < -0.4 is 5.32 Å². The number of hydrogen-bond donors (Lipinski definition) is 1. The van der Waals surface area contributed by atoms with Gasteiger partial charge < -0.3 is 5.32 Å². The number of hydrogen-bond acceptors (Lipinski definition) is 1. The van der Waals surface area contributed by atoms with Gasteiger partial charge in [0.1, 0.15) is 0 Å². The fourth-order valence-corrected chi connectivity index (χ4v) is 1.14. The molecular weight excluding hydrogens is 167 g/mol. The highest BCUT2D eigenvalue weighted by molar-refractivity contribution is 4.67. The minimum atomic E-state index is -4.02. The molecule has 0 aliphatic rings. The van der Waals surface area contributed by atoms with Crippen LogP contribution in [0.2, 0.25) is 0 Å². The van der Waals surface area contributed by atoms with Crippen molar-refractivity contribution in [1.82, 2.24) is 5.32 Å². The molecule has 0 aromatic heterocycles. The second-order valence-corrected chi connectivity index (χ2v) is 2.92. The first-order valence-corrected chi connectivity index (χ1v) is 4.23. The van der Waals surface area contributed by atoms with E-state index in [1.54, 1.807) is 14.0 Å². The smallest absolute Gasteiger partial charge is 0.320 e. The molecule has 0 rings (SSSR count). The van der Waals surface area contributed by atoms with Crippen LogP contribution in [-0.2, 0) is 0 Å². The van der Waals surface area contributed by atoms with Gasteiger partial charge >= 0.3 is 6.18 Å². The summed E-state index contributed by atoms with van der Waals surface area (Å²) in [5.41, 5.74) is 0. The highest BCUT2D eigenvalue weighted by Gasteiger charge is 2.37. The van der Waals surface area contributed by atoms with Gasteiger partial charge in [0.05, 0.1) is 5.92 Å². The molecule has 0 aromatic rings. The molecule has 0 amide bonds. The normalized spacial score (nSPS) is 14.8. The fraction of sp³-hybridized carbons (Fsp3) is 1.00. The van der Waals surface area contributed by atoms with Gasteiger partial charge in [-0.05, 0) is 26.4 Å². The Kier molecular flexibility index (Phi) is 5.29. The summed E-state index contributed by atoms with van der Waals surface area (Å²) in [6.45, 7) is 2.21. The summed E-state index contributed by atoms with van der Waals surface area (Å²) in [4.78, 5) is 0. The number of rotatable bonds is 5. The standard InChI is InChI=1S/C8H16F3N/c1-3-4-7(5-6-12-2)8(9,10)11/h7,12H,3-6H2,1-2H3. The summed E-state index contributed by atoms with van der Waals surface area (Å²) < 4.78 is 36.6. The molecule has 0 aromatic carbocycles. The van der Waals surface area contributed by atoms with Crippen LogP contribution in [0, 0.1) is 5.92 Å². The molecule has 0 aliphatic heterocycles. The second-order valence-electron chi connectivity index (χ2n) is 2.92. The lowest BCUT2D eigenvalue weighted by molar-refractivity contribution is -0.177. The Morgan fingerprint density at radius 3 is 2.17 bits per heavy atom. The molecule has 1 N–H and O–H groups in total.